The average molecular weight is 300 g/mol. The molecule has 1 atom stereocenters. The Kier molecular flexibility index (Phi) is 9.67. The second kappa shape index (κ2) is 11.1. The van der Waals surface area contributed by atoms with Crippen LogP contribution in [-0.2, 0) is 15.9 Å². The summed E-state index contributed by atoms with van der Waals surface area (Å²) in [5.74, 6) is 0.571. The maximum Gasteiger partial charge on any atom is 0.0587 e. The van der Waals surface area contributed by atoms with Crippen LogP contribution in [0.1, 0.15) is 18.4 Å². The first-order valence-corrected chi connectivity index (χ1v) is 7.57. The molecule has 1 aromatic carbocycles. The lowest BCUT2D eigenvalue weighted by molar-refractivity contribution is 0.183. The van der Waals surface area contributed by atoms with Crippen LogP contribution in [0.4, 0.5) is 0 Å². The van der Waals surface area contributed by atoms with Crippen LogP contribution in [0.5, 0.6) is 0 Å². The van der Waals surface area contributed by atoms with E-state index < -0.39 is 0 Å². The first-order valence-electron chi connectivity index (χ1n) is 7.20. The van der Waals surface area contributed by atoms with E-state index in [1.165, 1.54) is 5.56 Å². The third-order valence-electron chi connectivity index (χ3n) is 3.34. The Labute approximate surface area is 127 Å². The number of benzene rings is 1. The summed E-state index contributed by atoms with van der Waals surface area (Å²) in [6, 6.07) is 8.09. The normalized spacial score (nSPS) is 12.6. The summed E-state index contributed by atoms with van der Waals surface area (Å²) in [7, 11) is 3.47. The largest absolute Gasteiger partial charge is 0.385 e. The summed E-state index contributed by atoms with van der Waals surface area (Å²) in [5.41, 5.74) is 1.23. The summed E-state index contributed by atoms with van der Waals surface area (Å²) in [5, 5.41) is 4.31. The molecule has 1 rings (SSSR count). The molecule has 1 unspecified atom stereocenters. The second-order valence-electron chi connectivity index (χ2n) is 4.99. The summed E-state index contributed by atoms with van der Waals surface area (Å²) in [6.45, 7) is 3.44. The maximum absolute atomic E-state index is 6.25. The highest BCUT2D eigenvalue weighted by molar-refractivity contribution is 6.31. The standard InChI is InChI=1S/C16H26ClNO2/c1-19-10-5-6-14(13-18-9-11-20-2)12-15-7-3-4-8-16(15)17/h3-4,7-8,14,18H,5-6,9-13H2,1-2H3. The number of hydrogen-bond donors (Lipinski definition) is 1. The van der Waals surface area contributed by atoms with E-state index in [0.717, 1.165) is 50.6 Å². The van der Waals surface area contributed by atoms with Gasteiger partial charge in [0, 0.05) is 32.4 Å². The van der Waals surface area contributed by atoms with E-state index in [4.69, 9.17) is 21.1 Å². The molecule has 0 aliphatic rings. The Morgan fingerprint density at radius 2 is 1.90 bits per heavy atom. The Morgan fingerprint density at radius 3 is 2.60 bits per heavy atom. The fraction of sp³-hybridized carbons (Fsp3) is 0.625. The van der Waals surface area contributed by atoms with Crippen molar-refractivity contribution in [3.8, 4) is 0 Å². The van der Waals surface area contributed by atoms with Crippen LogP contribution in [0, 0.1) is 5.92 Å². The lowest BCUT2D eigenvalue weighted by Crippen LogP contribution is -2.27. The molecule has 114 valence electrons. The van der Waals surface area contributed by atoms with E-state index in [0.29, 0.717) is 5.92 Å². The number of nitrogens with one attached hydrogen (secondary N) is 1. The summed E-state index contributed by atoms with van der Waals surface area (Å²) < 4.78 is 10.2. The summed E-state index contributed by atoms with van der Waals surface area (Å²) >= 11 is 6.25. The molecule has 0 spiro atoms. The van der Waals surface area contributed by atoms with Crippen LogP contribution in [0.25, 0.3) is 0 Å². The van der Waals surface area contributed by atoms with Gasteiger partial charge in [0.25, 0.3) is 0 Å². The quantitative estimate of drug-likeness (QED) is 0.637. The molecule has 0 fully saturated rings. The molecule has 0 aliphatic carbocycles. The fourth-order valence-electron chi connectivity index (χ4n) is 2.25. The van der Waals surface area contributed by atoms with Gasteiger partial charge >= 0.3 is 0 Å². The van der Waals surface area contributed by atoms with Gasteiger partial charge < -0.3 is 14.8 Å². The molecule has 3 nitrogen and oxygen atoms in total. The van der Waals surface area contributed by atoms with Gasteiger partial charge in [-0.05, 0) is 43.4 Å². The van der Waals surface area contributed by atoms with Gasteiger partial charge in [0.05, 0.1) is 6.61 Å². The monoisotopic (exact) mass is 299 g/mol. The molecule has 0 bridgehead atoms. The highest BCUT2D eigenvalue weighted by Gasteiger charge is 2.11. The van der Waals surface area contributed by atoms with E-state index in [-0.39, 0.29) is 0 Å². The van der Waals surface area contributed by atoms with Crippen molar-refractivity contribution in [2.75, 3.05) is 40.5 Å². The molecule has 0 aliphatic heterocycles. The topological polar surface area (TPSA) is 30.5 Å². The Hall–Kier alpha value is -0.610. The predicted octanol–water partition coefficient (Wildman–Crippen LogP) is 3.16. The van der Waals surface area contributed by atoms with Gasteiger partial charge in [0.1, 0.15) is 0 Å². The smallest absolute Gasteiger partial charge is 0.0587 e. The van der Waals surface area contributed by atoms with Gasteiger partial charge in [0.15, 0.2) is 0 Å². The number of hydrogen-bond acceptors (Lipinski definition) is 3. The van der Waals surface area contributed by atoms with E-state index >= 15 is 0 Å². The predicted molar refractivity (Wildman–Crippen MR) is 84.5 cm³/mol. The summed E-state index contributed by atoms with van der Waals surface area (Å²) in [6.07, 6.45) is 3.22. The molecule has 1 N–H and O–H groups in total. The number of halogens is 1. The van der Waals surface area contributed by atoms with Gasteiger partial charge in [-0.1, -0.05) is 29.8 Å². The third kappa shape index (κ3) is 7.25. The summed E-state index contributed by atoms with van der Waals surface area (Å²) in [4.78, 5) is 0. The maximum atomic E-state index is 6.25. The molecule has 4 heteroatoms. The van der Waals surface area contributed by atoms with Crippen molar-refractivity contribution < 1.29 is 9.47 Å². The highest BCUT2D eigenvalue weighted by Crippen LogP contribution is 2.21. The minimum Gasteiger partial charge on any atom is -0.385 e. The van der Waals surface area contributed by atoms with Crippen molar-refractivity contribution in [3.05, 3.63) is 34.9 Å². The molecule has 0 amide bonds. The zero-order valence-electron chi connectivity index (χ0n) is 12.5. The lowest BCUT2D eigenvalue weighted by Gasteiger charge is -2.18. The van der Waals surface area contributed by atoms with Gasteiger partial charge in [-0.25, -0.2) is 0 Å². The molecule has 0 radical (unpaired) electrons. The van der Waals surface area contributed by atoms with Crippen molar-refractivity contribution >= 4 is 11.6 Å². The zero-order chi connectivity index (χ0) is 14.6. The van der Waals surface area contributed by atoms with E-state index in [2.05, 4.69) is 11.4 Å². The van der Waals surface area contributed by atoms with Gasteiger partial charge in [-0.2, -0.15) is 0 Å². The minimum absolute atomic E-state index is 0.571. The van der Waals surface area contributed by atoms with E-state index in [9.17, 15) is 0 Å². The van der Waals surface area contributed by atoms with Crippen LogP contribution in [-0.4, -0.2) is 40.5 Å². The average Bonchev–Trinajstić information content (AvgIpc) is 2.46. The highest BCUT2D eigenvalue weighted by atomic mass is 35.5. The van der Waals surface area contributed by atoms with E-state index in [1.54, 1.807) is 14.2 Å². The molecule has 0 aromatic heterocycles. The molecule has 1 aromatic rings. The SMILES string of the molecule is COCCCC(CNCCOC)Cc1ccccc1Cl. The van der Waals surface area contributed by atoms with Crippen molar-refractivity contribution in [2.45, 2.75) is 19.3 Å². The van der Waals surface area contributed by atoms with Crippen molar-refractivity contribution in [3.63, 3.8) is 0 Å². The van der Waals surface area contributed by atoms with Crippen LogP contribution in [0.3, 0.4) is 0 Å². The van der Waals surface area contributed by atoms with Gasteiger partial charge in [-0.3, -0.25) is 0 Å². The first-order chi connectivity index (χ1) is 9.77. The lowest BCUT2D eigenvalue weighted by atomic mass is 9.94. The zero-order valence-corrected chi connectivity index (χ0v) is 13.3. The number of methoxy groups -OCH3 is 2. The van der Waals surface area contributed by atoms with Crippen molar-refractivity contribution in [1.82, 2.24) is 5.32 Å². The molecule has 0 saturated heterocycles. The van der Waals surface area contributed by atoms with Crippen LogP contribution in [0.2, 0.25) is 5.02 Å². The van der Waals surface area contributed by atoms with Crippen LogP contribution in [0.15, 0.2) is 24.3 Å². The second-order valence-corrected chi connectivity index (χ2v) is 5.40. The fourth-order valence-corrected chi connectivity index (χ4v) is 2.46. The third-order valence-corrected chi connectivity index (χ3v) is 3.71. The van der Waals surface area contributed by atoms with Crippen molar-refractivity contribution in [2.24, 2.45) is 5.92 Å². The van der Waals surface area contributed by atoms with Crippen LogP contribution < -0.4 is 5.32 Å². The van der Waals surface area contributed by atoms with E-state index in [1.807, 2.05) is 18.2 Å². The molecule has 20 heavy (non-hydrogen) atoms. The molecular formula is C16H26ClNO2. The number of rotatable bonds is 11. The molecule has 0 saturated carbocycles. The van der Waals surface area contributed by atoms with Gasteiger partial charge in [-0.15, -0.1) is 0 Å². The Balaban J connectivity index is 2.46. The van der Waals surface area contributed by atoms with Gasteiger partial charge in [0.2, 0.25) is 0 Å². The van der Waals surface area contributed by atoms with Crippen molar-refractivity contribution in [1.29, 1.82) is 0 Å². The van der Waals surface area contributed by atoms with Crippen LogP contribution >= 0.6 is 11.6 Å². The number of ether oxygens (including phenoxy) is 2. The molecule has 0 heterocycles. The first kappa shape index (κ1) is 17.4. The minimum atomic E-state index is 0.571. The Bertz CT molecular complexity index is 360. The molecular weight excluding hydrogens is 274 g/mol. The Morgan fingerprint density at radius 1 is 1.15 bits per heavy atom.